The number of halogens is 4. The molecule has 2 rings (SSSR count). The first-order valence-electron chi connectivity index (χ1n) is 5.19. The van der Waals surface area contributed by atoms with Crippen molar-refractivity contribution < 1.29 is 13.6 Å². The van der Waals surface area contributed by atoms with Crippen molar-refractivity contribution in [3.8, 4) is 0 Å². The van der Waals surface area contributed by atoms with Crippen LogP contribution in [-0.2, 0) is 0 Å². The molecule has 1 amide bonds. The second kappa shape index (κ2) is 5.79. The standard InChI is InChI=1S/C13H7Br2F2NO/c14-7-4-5-8(9(15)6-7)13(19)18-12-10(16)2-1-3-11(12)17/h1-6H,(H,18,19). The summed E-state index contributed by atoms with van der Waals surface area (Å²) in [5, 5.41) is 2.22. The Balaban J connectivity index is 2.31. The highest BCUT2D eigenvalue weighted by atomic mass is 79.9. The number of anilines is 1. The van der Waals surface area contributed by atoms with Gasteiger partial charge in [-0.05, 0) is 46.3 Å². The Bertz CT molecular complexity index is 626. The van der Waals surface area contributed by atoms with Gasteiger partial charge in [-0.25, -0.2) is 8.78 Å². The molecule has 0 aliphatic carbocycles. The first-order chi connectivity index (χ1) is 8.99. The van der Waals surface area contributed by atoms with Crippen LogP contribution >= 0.6 is 31.9 Å². The lowest BCUT2D eigenvalue weighted by atomic mass is 10.2. The average molecular weight is 391 g/mol. The molecular weight excluding hydrogens is 384 g/mol. The molecule has 6 heteroatoms. The van der Waals surface area contributed by atoms with Crippen LogP contribution in [0.4, 0.5) is 14.5 Å². The summed E-state index contributed by atoms with van der Waals surface area (Å²) in [6.45, 7) is 0. The van der Waals surface area contributed by atoms with Crippen molar-refractivity contribution in [1.29, 1.82) is 0 Å². The van der Waals surface area contributed by atoms with Gasteiger partial charge in [0.05, 0.1) is 5.56 Å². The van der Waals surface area contributed by atoms with Crippen LogP contribution < -0.4 is 5.32 Å². The second-order valence-electron chi connectivity index (χ2n) is 3.67. The minimum atomic E-state index is -0.818. The largest absolute Gasteiger partial charge is 0.317 e. The molecule has 0 heterocycles. The minimum Gasteiger partial charge on any atom is -0.317 e. The van der Waals surface area contributed by atoms with E-state index in [-0.39, 0.29) is 5.56 Å². The third kappa shape index (κ3) is 3.19. The lowest BCUT2D eigenvalue weighted by molar-refractivity contribution is 0.102. The molecule has 0 saturated carbocycles. The number of carbonyl (C=O) groups excluding carboxylic acids is 1. The van der Waals surface area contributed by atoms with Crippen LogP contribution in [0.3, 0.4) is 0 Å². The van der Waals surface area contributed by atoms with Crippen LogP contribution in [0.15, 0.2) is 45.3 Å². The Labute approximate surface area is 125 Å². The summed E-state index contributed by atoms with van der Waals surface area (Å²) in [7, 11) is 0. The van der Waals surface area contributed by atoms with E-state index in [9.17, 15) is 13.6 Å². The third-order valence-corrected chi connectivity index (χ3v) is 3.53. The summed E-state index contributed by atoms with van der Waals surface area (Å²) in [4.78, 5) is 12.0. The lowest BCUT2D eigenvalue weighted by Crippen LogP contribution is -2.14. The average Bonchev–Trinajstić information content (AvgIpc) is 2.33. The van der Waals surface area contributed by atoms with E-state index < -0.39 is 23.2 Å². The zero-order valence-electron chi connectivity index (χ0n) is 9.38. The summed E-state index contributed by atoms with van der Waals surface area (Å²) in [5.41, 5.74) is -0.173. The molecular formula is C13H7Br2F2NO. The Morgan fingerprint density at radius 1 is 1.05 bits per heavy atom. The first-order valence-corrected chi connectivity index (χ1v) is 6.78. The highest BCUT2D eigenvalue weighted by Crippen LogP contribution is 2.24. The lowest BCUT2D eigenvalue weighted by Gasteiger charge is -2.09. The highest BCUT2D eigenvalue weighted by molar-refractivity contribution is 9.11. The smallest absolute Gasteiger partial charge is 0.256 e. The minimum absolute atomic E-state index is 0.283. The van der Waals surface area contributed by atoms with Crippen LogP contribution in [0.5, 0.6) is 0 Å². The van der Waals surface area contributed by atoms with E-state index in [0.717, 1.165) is 16.6 Å². The summed E-state index contributed by atoms with van der Waals surface area (Å²) in [6.07, 6.45) is 0. The maximum absolute atomic E-state index is 13.4. The molecule has 0 fully saturated rings. The van der Waals surface area contributed by atoms with Crippen LogP contribution in [0.25, 0.3) is 0 Å². The van der Waals surface area contributed by atoms with Gasteiger partial charge in [0, 0.05) is 8.95 Å². The molecule has 0 atom stereocenters. The number of nitrogens with one attached hydrogen (secondary N) is 1. The molecule has 19 heavy (non-hydrogen) atoms. The van der Waals surface area contributed by atoms with Gasteiger partial charge < -0.3 is 5.32 Å². The van der Waals surface area contributed by atoms with Crippen molar-refractivity contribution in [2.45, 2.75) is 0 Å². The van der Waals surface area contributed by atoms with E-state index in [1.807, 2.05) is 0 Å². The Kier molecular flexibility index (Phi) is 4.31. The van der Waals surface area contributed by atoms with Gasteiger partial charge in [-0.15, -0.1) is 0 Å². The number of benzene rings is 2. The number of carbonyl (C=O) groups is 1. The van der Waals surface area contributed by atoms with Crippen molar-refractivity contribution in [2.75, 3.05) is 5.32 Å². The number of amides is 1. The van der Waals surface area contributed by atoms with Gasteiger partial charge in [-0.1, -0.05) is 22.0 Å². The van der Waals surface area contributed by atoms with Gasteiger partial charge >= 0.3 is 0 Å². The molecule has 0 unspecified atom stereocenters. The van der Waals surface area contributed by atoms with Gasteiger partial charge in [0.15, 0.2) is 0 Å². The fourth-order valence-corrected chi connectivity index (χ4v) is 2.70. The van der Waals surface area contributed by atoms with Crippen molar-refractivity contribution in [1.82, 2.24) is 0 Å². The van der Waals surface area contributed by atoms with E-state index in [1.54, 1.807) is 18.2 Å². The van der Waals surface area contributed by atoms with E-state index >= 15 is 0 Å². The van der Waals surface area contributed by atoms with E-state index in [4.69, 9.17) is 0 Å². The molecule has 0 radical (unpaired) electrons. The van der Waals surface area contributed by atoms with Gasteiger partial charge in [-0.3, -0.25) is 4.79 Å². The van der Waals surface area contributed by atoms with Crippen molar-refractivity contribution in [3.63, 3.8) is 0 Å². The maximum atomic E-state index is 13.4. The molecule has 0 saturated heterocycles. The Morgan fingerprint density at radius 2 is 1.68 bits per heavy atom. The molecule has 0 aliphatic rings. The molecule has 2 aromatic carbocycles. The SMILES string of the molecule is O=C(Nc1c(F)cccc1F)c1ccc(Br)cc1Br. The predicted molar refractivity (Wildman–Crippen MR) is 76.2 cm³/mol. The molecule has 0 aliphatic heterocycles. The van der Waals surface area contributed by atoms with E-state index in [1.165, 1.54) is 6.07 Å². The molecule has 0 bridgehead atoms. The Hall–Kier alpha value is -1.27. The number of hydrogen-bond acceptors (Lipinski definition) is 1. The maximum Gasteiger partial charge on any atom is 0.256 e. The van der Waals surface area contributed by atoms with Gasteiger partial charge in [-0.2, -0.15) is 0 Å². The van der Waals surface area contributed by atoms with E-state index in [0.29, 0.717) is 4.47 Å². The second-order valence-corrected chi connectivity index (χ2v) is 5.44. The highest BCUT2D eigenvalue weighted by Gasteiger charge is 2.15. The Morgan fingerprint density at radius 3 is 2.26 bits per heavy atom. The normalized spacial score (nSPS) is 10.3. The number of para-hydroxylation sites is 1. The molecule has 0 aromatic heterocycles. The summed E-state index contributed by atoms with van der Waals surface area (Å²) in [5.74, 6) is -2.23. The summed E-state index contributed by atoms with van der Waals surface area (Å²) in [6, 6.07) is 8.27. The fraction of sp³-hybridized carbons (Fsp3) is 0. The van der Waals surface area contributed by atoms with Gasteiger partial charge in [0.2, 0.25) is 0 Å². The molecule has 98 valence electrons. The quantitative estimate of drug-likeness (QED) is 0.788. The zero-order valence-corrected chi connectivity index (χ0v) is 12.6. The monoisotopic (exact) mass is 389 g/mol. The van der Waals surface area contributed by atoms with E-state index in [2.05, 4.69) is 37.2 Å². The van der Waals surface area contributed by atoms with Crippen LogP contribution in [-0.4, -0.2) is 5.91 Å². The molecule has 1 N–H and O–H groups in total. The summed E-state index contributed by atoms with van der Waals surface area (Å²) >= 11 is 6.47. The third-order valence-electron chi connectivity index (χ3n) is 2.38. The van der Waals surface area contributed by atoms with Crippen LogP contribution in [0, 0.1) is 11.6 Å². The molecule has 2 nitrogen and oxygen atoms in total. The van der Waals surface area contributed by atoms with Crippen molar-refractivity contribution >= 4 is 43.5 Å². The molecule has 0 spiro atoms. The van der Waals surface area contributed by atoms with Gasteiger partial charge in [0.1, 0.15) is 17.3 Å². The van der Waals surface area contributed by atoms with Crippen LogP contribution in [0.2, 0.25) is 0 Å². The number of hydrogen-bond donors (Lipinski definition) is 1. The summed E-state index contributed by atoms with van der Waals surface area (Å²) < 4.78 is 28.1. The first kappa shape index (κ1) is 14.1. The zero-order chi connectivity index (χ0) is 14.0. The number of rotatable bonds is 2. The topological polar surface area (TPSA) is 29.1 Å². The molecule has 2 aromatic rings. The van der Waals surface area contributed by atoms with Crippen LogP contribution in [0.1, 0.15) is 10.4 Å². The van der Waals surface area contributed by atoms with Crippen molar-refractivity contribution in [2.24, 2.45) is 0 Å². The van der Waals surface area contributed by atoms with Gasteiger partial charge in [0.25, 0.3) is 5.91 Å². The fourth-order valence-electron chi connectivity index (χ4n) is 1.47. The predicted octanol–water partition coefficient (Wildman–Crippen LogP) is 4.74. The van der Waals surface area contributed by atoms with Crippen molar-refractivity contribution in [3.05, 3.63) is 62.5 Å².